The SMILES string of the molecule is Cl.[N-]=[N+]=NCC(c1ccc(Br)cc1)C1CCNCC1. The summed E-state index contributed by atoms with van der Waals surface area (Å²) in [5.41, 5.74) is 9.82. The van der Waals surface area contributed by atoms with Crippen molar-refractivity contribution < 1.29 is 0 Å². The summed E-state index contributed by atoms with van der Waals surface area (Å²) >= 11 is 3.45. The Labute approximate surface area is 128 Å². The maximum absolute atomic E-state index is 8.54. The maximum Gasteiger partial charge on any atom is 0.0329 e. The Hall–Kier alpha value is -0.740. The fraction of sp³-hybridized carbons (Fsp3) is 0.538. The third kappa shape index (κ3) is 4.69. The quantitative estimate of drug-likeness (QED) is 0.494. The minimum Gasteiger partial charge on any atom is -0.317 e. The molecule has 1 atom stereocenters. The van der Waals surface area contributed by atoms with Crippen molar-refractivity contribution in [2.45, 2.75) is 18.8 Å². The van der Waals surface area contributed by atoms with E-state index in [1.54, 1.807) is 0 Å². The van der Waals surface area contributed by atoms with Crippen molar-refractivity contribution in [2.24, 2.45) is 11.0 Å². The van der Waals surface area contributed by atoms with E-state index in [1.807, 2.05) is 0 Å². The Kier molecular flexibility index (Phi) is 7.24. The fourth-order valence-electron chi connectivity index (χ4n) is 2.61. The molecular formula is C13H18BrClN4. The lowest BCUT2D eigenvalue weighted by molar-refractivity contribution is 0.321. The smallest absolute Gasteiger partial charge is 0.0329 e. The van der Waals surface area contributed by atoms with E-state index < -0.39 is 0 Å². The van der Waals surface area contributed by atoms with E-state index in [0.717, 1.165) is 30.4 Å². The van der Waals surface area contributed by atoms with Crippen LogP contribution in [0.5, 0.6) is 0 Å². The number of halogens is 2. The van der Waals surface area contributed by atoms with Crippen LogP contribution < -0.4 is 5.32 Å². The van der Waals surface area contributed by atoms with Crippen LogP contribution in [0.25, 0.3) is 10.4 Å². The lowest BCUT2D eigenvalue weighted by Crippen LogP contribution is -2.31. The van der Waals surface area contributed by atoms with Gasteiger partial charge < -0.3 is 5.32 Å². The van der Waals surface area contributed by atoms with Crippen LogP contribution in [0.15, 0.2) is 33.9 Å². The van der Waals surface area contributed by atoms with Crippen LogP contribution in [0.1, 0.15) is 24.3 Å². The van der Waals surface area contributed by atoms with Gasteiger partial charge in [-0.15, -0.1) is 12.4 Å². The molecule has 1 fully saturated rings. The van der Waals surface area contributed by atoms with E-state index in [2.05, 4.69) is 55.5 Å². The molecule has 0 saturated carbocycles. The summed E-state index contributed by atoms with van der Waals surface area (Å²) in [6.45, 7) is 2.69. The molecule has 2 rings (SSSR count). The van der Waals surface area contributed by atoms with Crippen LogP contribution in [0.3, 0.4) is 0 Å². The van der Waals surface area contributed by atoms with Crippen LogP contribution >= 0.6 is 28.3 Å². The third-order valence-corrected chi connectivity index (χ3v) is 4.12. The first-order chi connectivity index (χ1) is 8.81. The molecule has 1 N–H and O–H groups in total. The first-order valence-electron chi connectivity index (χ1n) is 6.28. The van der Waals surface area contributed by atoms with E-state index in [0.29, 0.717) is 18.4 Å². The molecule has 1 saturated heterocycles. The Morgan fingerprint density at radius 2 is 1.95 bits per heavy atom. The van der Waals surface area contributed by atoms with Gasteiger partial charge in [0.05, 0.1) is 0 Å². The second-order valence-corrected chi connectivity index (χ2v) is 5.57. The van der Waals surface area contributed by atoms with Gasteiger partial charge in [-0.2, -0.15) is 0 Å². The predicted molar refractivity (Wildman–Crippen MR) is 83.7 cm³/mol. The number of nitrogens with zero attached hydrogens (tertiary/aromatic N) is 3. The Morgan fingerprint density at radius 1 is 1.32 bits per heavy atom. The highest BCUT2D eigenvalue weighted by Crippen LogP contribution is 2.32. The average molecular weight is 346 g/mol. The van der Waals surface area contributed by atoms with Crippen LogP contribution in [-0.4, -0.2) is 19.6 Å². The molecule has 1 unspecified atom stereocenters. The van der Waals surface area contributed by atoms with Gasteiger partial charge in [-0.05, 0) is 61.0 Å². The molecule has 0 bridgehead atoms. The number of piperidine rings is 1. The van der Waals surface area contributed by atoms with E-state index in [9.17, 15) is 0 Å². The van der Waals surface area contributed by atoms with Gasteiger partial charge >= 0.3 is 0 Å². The molecule has 104 valence electrons. The highest BCUT2D eigenvalue weighted by molar-refractivity contribution is 9.10. The van der Waals surface area contributed by atoms with E-state index in [-0.39, 0.29) is 12.4 Å². The maximum atomic E-state index is 8.54. The van der Waals surface area contributed by atoms with E-state index in [1.165, 1.54) is 5.56 Å². The summed E-state index contributed by atoms with van der Waals surface area (Å²) in [6, 6.07) is 8.37. The predicted octanol–water partition coefficient (Wildman–Crippen LogP) is 4.26. The number of nitrogens with one attached hydrogen (secondary N) is 1. The summed E-state index contributed by atoms with van der Waals surface area (Å²) in [5.74, 6) is 0.953. The Balaban J connectivity index is 0.00000180. The van der Waals surface area contributed by atoms with Crippen molar-refractivity contribution >= 4 is 28.3 Å². The molecular weight excluding hydrogens is 328 g/mol. The first-order valence-corrected chi connectivity index (χ1v) is 7.07. The molecule has 0 radical (unpaired) electrons. The summed E-state index contributed by atoms with van der Waals surface area (Å²) in [7, 11) is 0. The molecule has 1 aromatic rings. The molecule has 1 heterocycles. The number of azide groups is 1. The average Bonchev–Trinajstić information content (AvgIpc) is 2.42. The van der Waals surface area contributed by atoms with Gasteiger partial charge in [0.2, 0.25) is 0 Å². The topological polar surface area (TPSA) is 60.8 Å². The van der Waals surface area contributed by atoms with Crippen LogP contribution in [0, 0.1) is 5.92 Å². The largest absolute Gasteiger partial charge is 0.317 e. The standard InChI is InChI=1S/C13H17BrN4.ClH/c14-12-3-1-10(2-4-12)13(9-17-18-15)11-5-7-16-8-6-11;/h1-4,11,13,16H,5-9H2;1H. The van der Waals surface area contributed by atoms with Gasteiger partial charge in [-0.1, -0.05) is 33.2 Å². The zero-order valence-corrected chi connectivity index (χ0v) is 13.0. The van der Waals surface area contributed by atoms with Gasteiger partial charge in [0.25, 0.3) is 0 Å². The number of benzene rings is 1. The zero-order chi connectivity index (χ0) is 12.8. The Morgan fingerprint density at radius 3 is 2.53 bits per heavy atom. The fourth-order valence-corrected chi connectivity index (χ4v) is 2.87. The van der Waals surface area contributed by atoms with Crippen molar-refractivity contribution in [1.29, 1.82) is 0 Å². The normalized spacial score (nSPS) is 17.1. The Bertz CT molecular complexity index is 425. The molecule has 0 aromatic heterocycles. The molecule has 1 aromatic carbocycles. The van der Waals surface area contributed by atoms with Crippen molar-refractivity contribution in [3.63, 3.8) is 0 Å². The van der Waals surface area contributed by atoms with Gasteiger partial charge in [0.15, 0.2) is 0 Å². The van der Waals surface area contributed by atoms with Crippen LogP contribution in [0.4, 0.5) is 0 Å². The monoisotopic (exact) mass is 344 g/mol. The second kappa shape index (κ2) is 8.43. The summed E-state index contributed by atoms with van der Waals surface area (Å²) in [6.07, 6.45) is 2.31. The van der Waals surface area contributed by atoms with Gasteiger partial charge in [-0.3, -0.25) is 0 Å². The third-order valence-electron chi connectivity index (χ3n) is 3.59. The lowest BCUT2D eigenvalue weighted by Gasteiger charge is -2.30. The summed E-state index contributed by atoms with van der Waals surface area (Å²) in [4.78, 5) is 2.91. The molecule has 0 spiro atoms. The van der Waals surface area contributed by atoms with Crippen molar-refractivity contribution in [3.8, 4) is 0 Å². The number of rotatable bonds is 4. The molecule has 6 heteroatoms. The summed E-state index contributed by atoms with van der Waals surface area (Å²) < 4.78 is 1.08. The summed E-state index contributed by atoms with van der Waals surface area (Å²) in [5, 5.41) is 7.17. The van der Waals surface area contributed by atoms with Crippen molar-refractivity contribution in [3.05, 3.63) is 44.7 Å². The molecule has 19 heavy (non-hydrogen) atoms. The number of hydrogen-bond acceptors (Lipinski definition) is 2. The molecule has 0 aliphatic carbocycles. The van der Waals surface area contributed by atoms with Crippen LogP contribution in [-0.2, 0) is 0 Å². The zero-order valence-electron chi connectivity index (χ0n) is 10.6. The van der Waals surface area contributed by atoms with Gasteiger partial charge in [0, 0.05) is 15.9 Å². The second-order valence-electron chi connectivity index (χ2n) is 4.66. The van der Waals surface area contributed by atoms with E-state index in [4.69, 9.17) is 5.53 Å². The molecule has 0 amide bonds. The molecule has 1 aliphatic rings. The van der Waals surface area contributed by atoms with E-state index >= 15 is 0 Å². The minimum absolute atomic E-state index is 0. The van der Waals surface area contributed by atoms with Gasteiger partial charge in [-0.25, -0.2) is 0 Å². The highest BCUT2D eigenvalue weighted by atomic mass is 79.9. The first kappa shape index (κ1) is 16.3. The minimum atomic E-state index is 0. The molecule has 1 aliphatic heterocycles. The number of hydrogen-bond donors (Lipinski definition) is 1. The highest BCUT2D eigenvalue weighted by Gasteiger charge is 2.24. The molecule has 4 nitrogen and oxygen atoms in total. The van der Waals surface area contributed by atoms with Crippen molar-refractivity contribution in [1.82, 2.24) is 5.32 Å². The van der Waals surface area contributed by atoms with Crippen LogP contribution in [0.2, 0.25) is 0 Å². The lowest BCUT2D eigenvalue weighted by atomic mass is 9.80. The van der Waals surface area contributed by atoms with Crippen molar-refractivity contribution in [2.75, 3.05) is 19.6 Å². The van der Waals surface area contributed by atoms with Gasteiger partial charge in [0.1, 0.15) is 0 Å².